The van der Waals surface area contributed by atoms with Crippen LogP contribution < -0.4 is 0 Å². The summed E-state index contributed by atoms with van der Waals surface area (Å²) in [5, 5.41) is 10.0. The van der Waals surface area contributed by atoms with Crippen LogP contribution >= 0.6 is 0 Å². The molecule has 0 atom stereocenters. The molecule has 0 saturated heterocycles. The van der Waals surface area contributed by atoms with Gasteiger partial charge in [0, 0.05) is 0 Å². The fourth-order valence-electron chi connectivity index (χ4n) is 1.90. The molecule has 0 spiro atoms. The van der Waals surface area contributed by atoms with Crippen LogP contribution in [-0.4, -0.2) is 24.0 Å². The van der Waals surface area contributed by atoms with Crippen LogP contribution in [0.1, 0.15) is 28.4 Å². The number of hydrogen-bond donors (Lipinski definition) is 1. The van der Waals surface area contributed by atoms with E-state index in [1.54, 1.807) is 0 Å². The van der Waals surface area contributed by atoms with E-state index < -0.39 is 29.6 Å². The van der Waals surface area contributed by atoms with Crippen molar-refractivity contribution in [2.45, 2.75) is 18.5 Å². The molecule has 0 aliphatic carbocycles. The molecule has 0 heterocycles. The molecule has 2 rings (SSSR count). The zero-order chi connectivity index (χ0) is 16.5. The Labute approximate surface area is 140 Å². The molecule has 0 aliphatic heterocycles. The molecule has 0 amide bonds. The summed E-state index contributed by atoms with van der Waals surface area (Å²) < 4.78 is 74.6. The summed E-state index contributed by atoms with van der Waals surface area (Å²) in [7, 11) is 0. The van der Waals surface area contributed by atoms with Gasteiger partial charge in [-0.2, -0.15) is 26.3 Å². The molecule has 8 heteroatoms. The van der Waals surface area contributed by atoms with Crippen molar-refractivity contribution >= 4 is 18.9 Å². The third kappa shape index (κ3) is 4.77. The Bertz CT molecular complexity index is 574. The van der Waals surface area contributed by atoms with E-state index in [0.717, 1.165) is 48.5 Å². The van der Waals surface area contributed by atoms with E-state index in [1.165, 1.54) is 0 Å². The van der Waals surface area contributed by atoms with Crippen LogP contribution in [0.3, 0.4) is 0 Å². The van der Waals surface area contributed by atoms with Crippen molar-refractivity contribution in [2.75, 3.05) is 0 Å². The van der Waals surface area contributed by atoms with Crippen molar-refractivity contribution < 1.29 is 31.4 Å². The molecule has 120 valence electrons. The van der Waals surface area contributed by atoms with E-state index in [0.29, 0.717) is 0 Å². The van der Waals surface area contributed by atoms with Crippen molar-refractivity contribution in [3.63, 3.8) is 0 Å². The molecule has 0 saturated carbocycles. The molecule has 0 unspecified atom stereocenters. The Morgan fingerprint density at radius 3 is 1.09 bits per heavy atom. The van der Waals surface area contributed by atoms with Gasteiger partial charge in [-0.25, -0.2) is 0 Å². The van der Waals surface area contributed by atoms with Crippen molar-refractivity contribution in [3.05, 3.63) is 70.8 Å². The Balaban J connectivity index is 0.00000264. The minimum absolute atomic E-state index is 0. The summed E-state index contributed by atoms with van der Waals surface area (Å²) in [4.78, 5) is 0. The fraction of sp³-hybridized carbons (Fsp3) is 0.200. The Morgan fingerprint density at radius 2 is 0.870 bits per heavy atom. The number of aliphatic hydroxyl groups excluding tert-OH is 1. The third-order valence-electron chi connectivity index (χ3n) is 3.11. The van der Waals surface area contributed by atoms with Gasteiger partial charge in [0.25, 0.3) is 0 Å². The van der Waals surface area contributed by atoms with E-state index in [1.807, 2.05) is 0 Å². The normalized spacial score (nSPS) is 12.2. The zero-order valence-electron chi connectivity index (χ0n) is 10.9. The van der Waals surface area contributed by atoms with Gasteiger partial charge in [0.2, 0.25) is 0 Å². The number of halogens is 6. The maximum atomic E-state index is 12.4. The van der Waals surface area contributed by atoms with Gasteiger partial charge < -0.3 is 5.11 Å². The van der Waals surface area contributed by atoms with Gasteiger partial charge >= 0.3 is 31.2 Å². The first-order valence-corrected chi connectivity index (χ1v) is 6.11. The standard InChI is InChI=1S/C15H10F6O.Li.H/c16-14(17,18)11-5-1-9(2-6-11)13(22)10-3-7-12(8-4-10)15(19,20)21;;/h1-8,13,22H;;. The molecule has 23 heavy (non-hydrogen) atoms. The predicted octanol–water partition coefficient (Wildman–Crippen LogP) is 4.16. The van der Waals surface area contributed by atoms with Crippen molar-refractivity contribution in [1.82, 2.24) is 0 Å². The topological polar surface area (TPSA) is 20.2 Å². The van der Waals surface area contributed by atoms with Crippen LogP contribution in [-0.2, 0) is 12.4 Å². The second-order valence-corrected chi connectivity index (χ2v) is 4.64. The molecule has 0 aromatic heterocycles. The second-order valence-electron chi connectivity index (χ2n) is 4.64. The van der Waals surface area contributed by atoms with Crippen LogP contribution in [0, 0.1) is 0 Å². The van der Waals surface area contributed by atoms with Crippen LogP contribution in [0.15, 0.2) is 48.5 Å². The van der Waals surface area contributed by atoms with Crippen molar-refractivity contribution in [2.24, 2.45) is 0 Å². The number of benzene rings is 2. The Kier molecular flexibility index (Phi) is 5.97. The number of alkyl halides is 6. The van der Waals surface area contributed by atoms with E-state index >= 15 is 0 Å². The summed E-state index contributed by atoms with van der Waals surface area (Å²) in [6.07, 6.45) is -10.3. The Morgan fingerprint density at radius 1 is 0.609 bits per heavy atom. The van der Waals surface area contributed by atoms with Gasteiger partial charge in [-0.05, 0) is 35.4 Å². The molecule has 0 radical (unpaired) electrons. The SMILES string of the molecule is OC(c1ccc(C(F)(F)F)cc1)c1ccc(C(F)(F)F)cc1.[LiH]. The van der Waals surface area contributed by atoms with E-state index in [4.69, 9.17) is 0 Å². The third-order valence-corrected chi connectivity index (χ3v) is 3.11. The fourth-order valence-corrected chi connectivity index (χ4v) is 1.90. The summed E-state index contributed by atoms with van der Waals surface area (Å²) in [6, 6.07) is 7.59. The van der Waals surface area contributed by atoms with Crippen LogP contribution in [0.25, 0.3) is 0 Å². The maximum absolute atomic E-state index is 12.4. The van der Waals surface area contributed by atoms with Gasteiger partial charge in [-0.15, -0.1) is 0 Å². The van der Waals surface area contributed by atoms with Crippen molar-refractivity contribution in [3.8, 4) is 0 Å². The summed E-state index contributed by atoms with van der Waals surface area (Å²) in [5.74, 6) is 0. The van der Waals surface area contributed by atoms with Gasteiger partial charge in [-0.1, -0.05) is 24.3 Å². The molecule has 0 bridgehead atoms. The quantitative estimate of drug-likeness (QED) is 0.648. The summed E-state index contributed by atoms with van der Waals surface area (Å²) in [5.41, 5.74) is -1.41. The van der Waals surface area contributed by atoms with Gasteiger partial charge in [-0.3, -0.25) is 0 Å². The van der Waals surface area contributed by atoms with E-state index in [-0.39, 0.29) is 30.0 Å². The zero-order valence-corrected chi connectivity index (χ0v) is 10.9. The first-order chi connectivity index (χ1) is 10.1. The average molecular weight is 328 g/mol. The second kappa shape index (κ2) is 7.00. The number of rotatable bonds is 2. The molecule has 1 N–H and O–H groups in total. The van der Waals surface area contributed by atoms with Gasteiger partial charge in [0.1, 0.15) is 6.10 Å². The summed E-state index contributed by atoms with van der Waals surface area (Å²) >= 11 is 0. The van der Waals surface area contributed by atoms with E-state index in [2.05, 4.69) is 0 Å². The van der Waals surface area contributed by atoms with Crippen molar-refractivity contribution in [1.29, 1.82) is 0 Å². The monoisotopic (exact) mass is 328 g/mol. The van der Waals surface area contributed by atoms with Crippen LogP contribution in [0.4, 0.5) is 26.3 Å². The molecule has 1 nitrogen and oxygen atoms in total. The molecule has 2 aromatic rings. The van der Waals surface area contributed by atoms with Gasteiger partial charge in [0.05, 0.1) is 11.1 Å². The molecular formula is C15H11F6LiO. The first-order valence-electron chi connectivity index (χ1n) is 6.11. The molecular weight excluding hydrogens is 317 g/mol. The molecule has 0 aliphatic rings. The van der Waals surface area contributed by atoms with Crippen LogP contribution in [0.2, 0.25) is 0 Å². The minimum atomic E-state index is -4.49. The van der Waals surface area contributed by atoms with E-state index in [9.17, 15) is 31.4 Å². The van der Waals surface area contributed by atoms with Crippen LogP contribution in [0.5, 0.6) is 0 Å². The Hall–Kier alpha value is -1.42. The van der Waals surface area contributed by atoms with Gasteiger partial charge in [0.15, 0.2) is 0 Å². The molecule has 2 aromatic carbocycles. The number of hydrogen-bond acceptors (Lipinski definition) is 1. The molecule has 0 fully saturated rings. The predicted molar refractivity (Wildman–Crippen MR) is 74.1 cm³/mol. The first kappa shape index (κ1) is 19.6. The average Bonchev–Trinajstić information content (AvgIpc) is 2.45. The summed E-state index contributed by atoms with van der Waals surface area (Å²) in [6.45, 7) is 0. The number of aliphatic hydroxyl groups is 1.